The third-order valence-electron chi connectivity index (χ3n) is 3.26. The van der Waals surface area contributed by atoms with Crippen molar-refractivity contribution in [3.8, 4) is 0 Å². The lowest BCUT2D eigenvalue weighted by Gasteiger charge is -2.39. The number of hydrogen-bond acceptors (Lipinski definition) is 3. The molecule has 2 N–H and O–H groups in total. The largest absolute Gasteiger partial charge is 0.411 e. The van der Waals surface area contributed by atoms with E-state index in [1.54, 1.807) is 0 Å². The van der Waals surface area contributed by atoms with E-state index >= 15 is 0 Å². The molecule has 6 heteroatoms. The van der Waals surface area contributed by atoms with Crippen molar-refractivity contribution in [3.63, 3.8) is 0 Å². The summed E-state index contributed by atoms with van der Waals surface area (Å²) in [5.74, 6) is 0.511. The molecule has 1 fully saturated rings. The second-order valence-corrected chi connectivity index (χ2v) is 4.63. The highest BCUT2D eigenvalue weighted by atomic mass is 19.4. The van der Waals surface area contributed by atoms with Crippen LogP contribution >= 0.6 is 0 Å². The molecule has 1 saturated heterocycles. The van der Waals surface area contributed by atoms with Gasteiger partial charge in [-0.05, 0) is 25.3 Å². The van der Waals surface area contributed by atoms with Crippen molar-refractivity contribution >= 4 is 0 Å². The maximum atomic E-state index is 11.9. The van der Waals surface area contributed by atoms with Crippen LogP contribution in [0.3, 0.4) is 0 Å². The fraction of sp³-hybridized carbons (Fsp3) is 1.00. The number of likely N-dealkylation sites (tertiary alicyclic amines) is 1. The van der Waals surface area contributed by atoms with Crippen molar-refractivity contribution < 1.29 is 17.9 Å². The van der Waals surface area contributed by atoms with E-state index in [4.69, 9.17) is 5.73 Å². The van der Waals surface area contributed by atoms with Crippen LogP contribution in [-0.2, 0) is 4.74 Å². The standard InChI is InChI=1S/C11H21F3N2O/c1-9-3-2-4-16(10(9)7-15)5-6-17-8-11(12,13)14/h9-10H,2-8,15H2,1H3. The summed E-state index contributed by atoms with van der Waals surface area (Å²) in [6.45, 7) is 3.08. The van der Waals surface area contributed by atoms with Crippen LogP contribution in [0.15, 0.2) is 0 Å². The van der Waals surface area contributed by atoms with Gasteiger partial charge in [-0.15, -0.1) is 0 Å². The van der Waals surface area contributed by atoms with E-state index in [1.807, 2.05) is 0 Å². The Morgan fingerprint density at radius 3 is 2.71 bits per heavy atom. The second-order valence-electron chi connectivity index (χ2n) is 4.63. The molecule has 0 radical (unpaired) electrons. The molecule has 2 unspecified atom stereocenters. The Labute approximate surface area is 100 Å². The van der Waals surface area contributed by atoms with Crippen LogP contribution in [0.5, 0.6) is 0 Å². The summed E-state index contributed by atoms with van der Waals surface area (Å²) < 4.78 is 40.2. The van der Waals surface area contributed by atoms with E-state index in [0.29, 0.717) is 19.0 Å². The predicted octanol–water partition coefficient (Wildman–Crippen LogP) is 1.62. The molecule has 1 rings (SSSR count). The van der Waals surface area contributed by atoms with E-state index < -0.39 is 12.8 Å². The number of alkyl halides is 3. The average Bonchev–Trinajstić information content (AvgIpc) is 2.23. The third kappa shape index (κ3) is 5.23. The van der Waals surface area contributed by atoms with Crippen LogP contribution in [0, 0.1) is 5.92 Å². The Morgan fingerprint density at radius 2 is 2.12 bits per heavy atom. The van der Waals surface area contributed by atoms with Gasteiger partial charge in [0.1, 0.15) is 6.61 Å². The van der Waals surface area contributed by atoms with Crippen LogP contribution in [0.25, 0.3) is 0 Å². The molecule has 3 nitrogen and oxygen atoms in total. The lowest BCUT2D eigenvalue weighted by molar-refractivity contribution is -0.175. The molecule has 1 heterocycles. The Balaban J connectivity index is 2.25. The summed E-state index contributed by atoms with van der Waals surface area (Å²) in [4.78, 5) is 2.14. The van der Waals surface area contributed by atoms with Gasteiger partial charge in [-0.3, -0.25) is 4.90 Å². The summed E-state index contributed by atoms with van der Waals surface area (Å²) in [6, 6.07) is 0.276. The Morgan fingerprint density at radius 1 is 1.41 bits per heavy atom. The van der Waals surface area contributed by atoms with Gasteiger partial charge in [-0.2, -0.15) is 13.2 Å². The lowest BCUT2D eigenvalue weighted by Crippen LogP contribution is -2.49. The molecule has 0 aliphatic carbocycles. The van der Waals surface area contributed by atoms with E-state index in [0.717, 1.165) is 19.4 Å². The summed E-state index contributed by atoms with van der Waals surface area (Å²) >= 11 is 0. The van der Waals surface area contributed by atoms with Crippen molar-refractivity contribution in [1.29, 1.82) is 0 Å². The normalized spacial score (nSPS) is 27.4. The van der Waals surface area contributed by atoms with Gasteiger partial charge in [0.05, 0.1) is 6.61 Å². The quantitative estimate of drug-likeness (QED) is 0.758. The van der Waals surface area contributed by atoms with Crippen LogP contribution in [0.1, 0.15) is 19.8 Å². The Kier molecular flexibility index (Phi) is 5.69. The number of rotatable bonds is 5. The van der Waals surface area contributed by atoms with Gasteiger partial charge in [0.2, 0.25) is 0 Å². The highest BCUT2D eigenvalue weighted by molar-refractivity contribution is 4.82. The monoisotopic (exact) mass is 254 g/mol. The molecule has 0 saturated carbocycles. The first-order chi connectivity index (χ1) is 7.94. The molecule has 0 amide bonds. The van der Waals surface area contributed by atoms with E-state index in [2.05, 4.69) is 16.6 Å². The summed E-state index contributed by atoms with van der Waals surface area (Å²) in [6.07, 6.45) is -2.01. The zero-order valence-electron chi connectivity index (χ0n) is 10.2. The first-order valence-electron chi connectivity index (χ1n) is 6.02. The number of ether oxygens (including phenoxy) is 1. The molecule has 2 atom stereocenters. The first kappa shape index (κ1) is 14.7. The maximum absolute atomic E-state index is 11.9. The highest BCUT2D eigenvalue weighted by Crippen LogP contribution is 2.22. The average molecular weight is 254 g/mol. The molecule has 0 aromatic heterocycles. The topological polar surface area (TPSA) is 38.5 Å². The van der Waals surface area contributed by atoms with Gasteiger partial charge >= 0.3 is 6.18 Å². The summed E-state index contributed by atoms with van der Waals surface area (Å²) in [5, 5.41) is 0. The third-order valence-corrected chi connectivity index (χ3v) is 3.26. The molecular weight excluding hydrogens is 233 g/mol. The summed E-state index contributed by atoms with van der Waals surface area (Å²) in [7, 11) is 0. The van der Waals surface area contributed by atoms with Gasteiger partial charge in [0.25, 0.3) is 0 Å². The van der Waals surface area contributed by atoms with E-state index in [1.165, 1.54) is 0 Å². The highest BCUT2D eigenvalue weighted by Gasteiger charge is 2.29. The van der Waals surface area contributed by atoms with Crippen molar-refractivity contribution in [3.05, 3.63) is 0 Å². The minimum absolute atomic E-state index is 0.114. The number of piperidine rings is 1. The predicted molar refractivity (Wildman–Crippen MR) is 59.7 cm³/mol. The van der Waals surface area contributed by atoms with Crippen LogP contribution in [-0.4, -0.2) is 50.0 Å². The van der Waals surface area contributed by atoms with Crippen LogP contribution in [0.2, 0.25) is 0 Å². The van der Waals surface area contributed by atoms with Gasteiger partial charge < -0.3 is 10.5 Å². The fourth-order valence-corrected chi connectivity index (χ4v) is 2.36. The van der Waals surface area contributed by atoms with Gasteiger partial charge in [0, 0.05) is 19.1 Å². The van der Waals surface area contributed by atoms with E-state index in [-0.39, 0.29) is 12.6 Å². The smallest absolute Gasteiger partial charge is 0.371 e. The number of hydrogen-bond donors (Lipinski definition) is 1. The minimum atomic E-state index is -4.23. The molecule has 102 valence electrons. The minimum Gasteiger partial charge on any atom is -0.371 e. The maximum Gasteiger partial charge on any atom is 0.411 e. The number of nitrogens with zero attached hydrogens (tertiary/aromatic N) is 1. The molecule has 17 heavy (non-hydrogen) atoms. The van der Waals surface area contributed by atoms with Gasteiger partial charge in [0.15, 0.2) is 0 Å². The van der Waals surface area contributed by atoms with Crippen molar-refractivity contribution in [2.75, 3.05) is 32.8 Å². The lowest BCUT2D eigenvalue weighted by atomic mass is 9.91. The summed E-state index contributed by atoms with van der Waals surface area (Å²) in [5.41, 5.74) is 5.70. The first-order valence-corrected chi connectivity index (χ1v) is 6.02. The SMILES string of the molecule is CC1CCCN(CCOCC(F)(F)F)C1CN. The van der Waals surface area contributed by atoms with Crippen molar-refractivity contribution in [2.24, 2.45) is 11.7 Å². The van der Waals surface area contributed by atoms with Crippen LogP contribution in [0.4, 0.5) is 13.2 Å². The molecule has 0 bridgehead atoms. The van der Waals surface area contributed by atoms with Crippen molar-refractivity contribution in [1.82, 2.24) is 4.90 Å². The van der Waals surface area contributed by atoms with Gasteiger partial charge in [-0.25, -0.2) is 0 Å². The zero-order valence-corrected chi connectivity index (χ0v) is 10.2. The van der Waals surface area contributed by atoms with Crippen LogP contribution < -0.4 is 5.73 Å². The number of nitrogens with two attached hydrogens (primary N) is 1. The molecule has 0 aromatic rings. The second kappa shape index (κ2) is 6.56. The molecule has 1 aliphatic heterocycles. The number of halogens is 3. The molecule has 1 aliphatic rings. The zero-order chi connectivity index (χ0) is 12.9. The molecular formula is C11H21F3N2O. The molecule has 0 aromatic carbocycles. The fourth-order valence-electron chi connectivity index (χ4n) is 2.36. The van der Waals surface area contributed by atoms with Gasteiger partial charge in [-0.1, -0.05) is 6.92 Å². The van der Waals surface area contributed by atoms with E-state index in [9.17, 15) is 13.2 Å². The Bertz CT molecular complexity index is 223. The molecule has 0 spiro atoms. The Hall–Kier alpha value is -0.330. The van der Waals surface area contributed by atoms with Crippen molar-refractivity contribution in [2.45, 2.75) is 32.0 Å².